The summed E-state index contributed by atoms with van der Waals surface area (Å²) in [5.74, 6) is -0.153. The van der Waals surface area contributed by atoms with Crippen LogP contribution in [0.2, 0.25) is 0 Å². The standard InChI is InChI=1S/C14H17F/c1-14(10-4-2-3-5-11-14)12-6-8-13(15)9-7-12/h4,6-10H,2-3,5,11H2,1H3/t14-/m0/s1. The van der Waals surface area contributed by atoms with E-state index in [1.54, 1.807) is 12.1 Å². The van der Waals surface area contributed by atoms with Gasteiger partial charge in [0.1, 0.15) is 5.82 Å². The van der Waals surface area contributed by atoms with Crippen LogP contribution in [-0.2, 0) is 5.41 Å². The summed E-state index contributed by atoms with van der Waals surface area (Å²) in [6.07, 6.45) is 9.41. The topological polar surface area (TPSA) is 0 Å². The first-order chi connectivity index (χ1) is 7.21. The molecular weight excluding hydrogens is 187 g/mol. The average Bonchev–Trinajstić information content (AvgIpc) is 2.45. The van der Waals surface area contributed by atoms with Crippen molar-refractivity contribution in [2.45, 2.75) is 38.0 Å². The Bertz CT molecular complexity index is 350. The van der Waals surface area contributed by atoms with Crippen molar-refractivity contribution in [2.75, 3.05) is 0 Å². The Kier molecular flexibility index (Phi) is 2.90. The van der Waals surface area contributed by atoms with Crippen molar-refractivity contribution in [3.63, 3.8) is 0 Å². The Morgan fingerprint density at radius 1 is 1.13 bits per heavy atom. The third kappa shape index (κ3) is 2.28. The van der Waals surface area contributed by atoms with E-state index in [0.29, 0.717) is 0 Å². The molecule has 0 aliphatic heterocycles. The van der Waals surface area contributed by atoms with E-state index in [2.05, 4.69) is 19.1 Å². The number of hydrogen-bond acceptors (Lipinski definition) is 0. The summed E-state index contributed by atoms with van der Waals surface area (Å²) < 4.78 is 12.8. The second-order valence-electron chi connectivity index (χ2n) is 4.57. The first kappa shape index (κ1) is 10.4. The van der Waals surface area contributed by atoms with Gasteiger partial charge in [0.2, 0.25) is 0 Å². The van der Waals surface area contributed by atoms with Crippen LogP contribution in [0.5, 0.6) is 0 Å². The predicted octanol–water partition coefficient (Wildman–Crippen LogP) is 4.21. The number of benzene rings is 1. The summed E-state index contributed by atoms with van der Waals surface area (Å²) in [5.41, 5.74) is 1.33. The molecule has 0 bridgehead atoms. The van der Waals surface area contributed by atoms with Crippen LogP contribution in [0.15, 0.2) is 36.4 Å². The van der Waals surface area contributed by atoms with E-state index in [1.807, 2.05) is 12.1 Å². The summed E-state index contributed by atoms with van der Waals surface area (Å²) in [4.78, 5) is 0. The molecule has 0 unspecified atom stereocenters. The molecule has 1 heteroatoms. The molecule has 1 aliphatic rings. The Morgan fingerprint density at radius 3 is 2.60 bits per heavy atom. The van der Waals surface area contributed by atoms with Gasteiger partial charge in [0.05, 0.1) is 0 Å². The Hall–Kier alpha value is -1.11. The lowest BCUT2D eigenvalue weighted by molar-refractivity contribution is 0.516. The minimum atomic E-state index is -0.153. The van der Waals surface area contributed by atoms with Gasteiger partial charge < -0.3 is 0 Å². The Balaban J connectivity index is 2.30. The SMILES string of the molecule is C[C@]1(c2ccc(F)cc2)C=CCCCC1. The maximum atomic E-state index is 12.8. The van der Waals surface area contributed by atoms with E-state index in [9.17, 15) is 4.39 Å². The highest BCUT2D eigenvalue weighted by molar-refractivity contribution is 5.30. The van der Waals surface area contributed by atoms with E-state index >= 15 is 0 Å². The van der Waals surface area contributed by atoms with Crippen molar-refractivity contribution >= 4 is 0 Å². The molecule has 1 aromatic rings. The predicted molar refractivity (Wildman–Crippen MR) is 61.4 cm³/mol. The molecule has 80 valence electrons. The molecule has 0 nitrogen and oxygen atoms in total. The molecule has 0 amide bonds. The lowest BCUT2D eigenvalue weighted by Crippen LogP contribution is -2.18. The van der Waals surface area contributed by atoms with Crippen LogP contribution in [0.25, 0.3) is 0 Å². The minimum absolute atomic E-state index is 0.101. The van der Waals surface area contributed by atoms with Gasteiger partial charge in [0, 0.05) is 5.41 Å². The zero-order valence-electron chi connectivity index (χ0n) is 9.17. The van der Waals surface area contributed by atoms with Crippen molar-refractivity contribution in [1.82, 2.24) is 0 Å². The van der Waals surface area contributed by atoms with Crippen molar-refractivity contribution in [3.05, 3.63) is 47.8 Å². The monoisotopic (exact) mass is 204 g/mol. The van der Waals surface area contributed by atoms with Crippen molar-refractivity contribution in [2.24, 2.45) is 0 Å². The number of allylic oxidation sites excluding steroid dienone is 2. The third-order valence-corrected chi connectivity index (χ3v) is 3.31. The molecule has 0 spiro atoms. The fraction of sp³-hybridized carbons (Fsp3) is 0.429. The summed E-state index contributed by atoms with van der Waals surface area (Å²) in [6.45, 7) is 2.24. The van der Waals surface area contributed by atoms with E-state index in [4.69, 9.17) is 0 Å². The van der Waals surface area contributed by atoms with Crippen LogP contribution in [0.3, 0.4) is 0 Å². The summed E-state index contributed by atoms with van der Waals surface area (Å²) in [7, 11) is 0. The molecule has 0 saturated heterocycles. The lowest BCUT2D eigenvalue weighted by atomic mass is 9.79. The molecule has 2 rings (SSSR count). The Morgan fingerprint density at radius 2 is 1.87 bits per heavy atom. The van der Waals surface area contributed by atoms with Gasteiger partial charge in [-0.25, -0.2) is 4.39 Å². The second-order valence-corrected chi connectivity index (χ2v) is 4.57. The number of rotatable bonds is 1. The quantitative estimate of drug-likeness (QED) is 0.601. The van der Waals surface area contributed by atoms with Crippen molar-refractivity contribution < 1.29 is 4.39 Å². The van der Waals surface area contributed by atoms with E-state index in [0.717, 1.165) is 6.42 Å². The third-order valence-electron chi connectivity index (χ3n) is 3.31. The number of halogens is 1. The highest BCUT2D eigenvalue weighted by Crippen LogP contribution is 2.33. The molecule has 0 radical (unpaired) electrons. The van der Waals surface area contributed by atoms with Gasteiger partial charge in [0.25, 0.3) is 0 Å². The molecule has 1 aromatic carbocycles. The summed E-state index contributed by atoms with van der Waals surface area (Å²) in [6, 6.07) is 6.93. The van der Waals surface area contributed by atoms with E-state index in [-0.39, 0.29) is 11.2 Å². The van der Waals surface area contributed by atoms with Crippen LogP contribution in [0.1, 0.15) is 38.2 Å². The van der Waals surface area contributed by atoms with Gasteiger partial charge in [-0.2, -0.15) is 0 Å². The zero-order chi connectivity index (χ0) is 10.7. The molecule has 1 aliphatic carbocycles. The fourth-order valence-electron chi connectivity index (χ4n) is 2.25. The smallest absolute Gasteiger partial charge is 0.123 e. The van der Waals surface area contributed by atoms with Crippen molar-refractivity contribution in [1.29, 1.82) is 0 Å². The fourth-order valence-corrected chi connectivity index (χ4v) is 2.25. The molecule has 0 heterocycles. The molecule has 0 aromatic heterocycles. The van der Waals surface area contributed by atoms with Gasteiger partial charge in [0.15, 0.2) is 0 Å². The van der Waals surface area contributed by atoms with E-state index < -0.39 is 0 Å². The highest BCUT2D eigenvalue weighted by Gasteiger charge is 2.23. The summed E-state index contributed by atoms with van der Waals surface area (Å²) >= 11 is 0. The first-order valence-corrected chi connectivity index (χ1v) is 5.64. The zero-order valence-corrected chi connectivity index (χ0v) is 9.17. The molecule has 1 atom stereocenters. The van der Waals surface area contributed by atoms with Gasteiger partial charge in [-0.05, 0) is 37.0 Å². The maximum absolute atomic E-state index is 12.8. The normalized spacial score (nSPS) is 26.3. The van der Waals surface area contributed by atoms with Crippen LogP contribution in [-0.4, -0.2) is 0 Å². The van der Waals surface area contributed by atoms with E-state index in [1.165, 1.54) is 24.8 Å². The Labute approximate surface area is 90.8 Å². The molecule has 0 saturated carbocycles. The highest BCUT2D eigenvalue weighted by atomic mass is 19.1. The van der Waals surface area contributed by atoms with Gasteiger partial charge >= 0.3 is 0 Å². The van der Waals surface area contributed by atoms with Crippen LogP contribution in [0.4, 0.5) is 4.39 Å². The van der Waals surface area contributed by atoms with Gasteiger partial charge in [-0.3, -0.25) is 0 Å². The van der Waals surface area contributed by atoms with Crippen LogP contribution < -0.4 is 0 Å². The van der Waals surface area contributed by atoms with Crippen LogP contribution >= 0.6 is 0 Å². The average molecular weight is 204 g/mol. The molecule has 0 N–H and O–H groups in total. The molecular formula is C14H17F. The second kappa shape index (κ2) is 4.18. The lowest BCUT2D eigenvalue weighted by Gasteiger charge is -2.25. The minimum Gasteiger partial charge on any atom is -0.207 e. The van der Waals surface area contributed by atoms with Crippen molar-refractivity contribution in [3.8, 4) is 0 Å². The first-order valence-electron chi connectivity index (χ1n) is 5.64. The maximum Gasteiger partial charge on any atom is 0.123 e. The number of hydrogen-bond donors (Lipinski definition) is 0. The molecule has 0 fully saturated rings. The van der Waals surface area contributed by atoms with Crippen LogP contribution in [0, 0.1) is 5.82 Å². The van der Waals surface area contributed by atoms with Gasteiger partial charge in [-0.1, -0.05) is 37.6 Å². The summed E-state index contributed by atoms with van der Waals surface area (Å²) in [5, 5.41) is 0. The largest absolute Gasteiger partial charge is 0.207 e. The molecule has 15 heavy (non-hydrogen) atoms. The van der Waals surface area contributed by atoms with Gasteiger partial charge in [-0.15, -0.1) is 0 Å².